The van der Waals surface area contributed by atoms with Crippen LogP contribution in [0.4, 0.5) is 0 Å². The van der Waals surface area contributed by atoms with Crippen LogP contribution in [0.15, 0.2) is 41.1 Å². The fourth-order valence-corrected chi connectivity index (χ4v) is 2.77. The molecule has 20 heavy (non-hydrogen) atoms. The summed E-state index contributed by atoms with van der Waals surface area (Å²) < 4.78 is 11.7. The van der Waals surface area contributed by atoms with Crippen molar-refractivity contribution >= 4 is 15.9 Å². The molecule has 0 unspecified atom stereocenters. The van der Waals surface area contributed by atoms with Gasteiger partial charge in [-0.2, -0.15) is 0 Å². The molecule has 2 aromatic rings. The van der Waals surface area contributed by atoms with Crippen LogP contribution in [0.2, 0.25) is 0 Å². The predicted octanol–water partition coefficient (Wildman–Crippen LogP) is 3.42. The van der Waals surface area contributed by atoms with Gasteiger partial charge in [0.2, 0.25) is 6.79 Å². The van der Waals surface area contributed by atoms with E-state index in [9.17, 15) is 0 Å². The first-order valence-corrected chi connectivity index (χ1v) is 7.24. The summed E-state index contributed by atoms with van der Waals surface area (Å²) in [6.45, 7) is 3.19. The predicted molar refractivity (Wildman–Crippen MR) is 79.8 cm³/mol. The molecule has 0 bridgehead atoms. The van der Waals surface area contributed by atoms with Crippen LogP contribution in [0.1, 0.15) is 24.1 Å². The molecule has 1 aliphatic heterocycles. The molecule has 1 aliphatic rings. The van der Waals surface area contributed by atoms with E-state index in [0.29, 0.717) is 0 Å². The first-order chi connectivity index (χ1) is 9.74. The smallest absolute Gasteiger partial charge is 0.231 e. The molecule has 1 aromatic carbocycles. The lowest BCUT2D eigenvalue weighted by Crippen LogP contribution is -2.18. The molecule has 0 amide bonds. The molecule has 0 aliphatic carbocycles. The maximum absolute atomic E-state index is 5.42. The molecule has 1 atom stereocenters. The number of fused-ring (bicyclic) bond motifs is 1. The topological polar surface area (TPSA) is 43.4 Å². The average molecular weight is 335 g/mol. The highest BCUT2D eigenvalue weighted by molar-refractivity contribution is 9.10. The molecule has 5 heteroatoms. The third-order valence-corrected chi connectivity index (χ3v) is 3.89. The minimum Gasteiger partial charge on any atom is -0.454 e. The van der Waals surface area contributed by atoms with Gasteiger partial charge in [0.25, 0.3) is 0 Å². The minimum absolute atomic E-state index is 0.266. The summed E-state index contributed by atoms with van der Waals surface area (Å²) in [4.78, 5) is 4.03. The lowest BCUT2D eigenvalue weighted by Gasteiger charge is -2.14. The van der Waals surface area contributed by atoms with Crippen LogP contribution in [0, 0.1) is 0 Å². The van der Waals surface area contributed by atoms with E-state index in [0.717, 1.165) is 28.1 Å². The quantitative estimate of drug-likeness (QED) is 0.930. The Morgan fingerprint density at radius 3 is 2.90 bits per heavy atom. The zero-order valence-electron chi connectivity index (χ0n) is 11.1. The number of rotatable bonds is 4. The second-order valence-corrected chi connectivity index (χ2v) is 5.55. The molecule has 3 rings (SSSR count). The van der Waals surface area contributed by atoms with Crippen molar-refractivity contribution in [1.82, 2.24) is 10.3 Å². The highest BCUT2D eigenvalue weighted by atomic mass is 79.9. The largest absolute Gasteiger partial charge is 0.454 e. The van der Waals surface area contributed by atoms with Gasteiger partial charge in [0.1, 0.15) is 0 Å². The van der Waals surface area contributed by atoms with Crippen LogP contribution < -0.4 is 14.8 Å². The van der Waals surface area contributed by atoms with Gasteiger partial charge in [-0.1, -0.05) is 0 Å². The highest BCUT2D eigenvalue weighted by Gasteiger charge is 2.18. The number of aromatic nitrogens is 1. The van der Waals surface area contributed by atoms with Gasteiger partial charge in [-0.05, 0) is 58.2 Å². The van der Waals surface area contributed by atoms with Crippen molar-refractivity contribution in [2.24, 2.45) is 0 Å². The number of halogens is 1. The van der Waals surface area contributed by atoms with Crippen molar-refractivity contribution in [3.8, 4) is 11.5 Å². The minimum atomic E-state index is 0.266. The van der Waals surface area contributed by atoms with Crippen LogP contribution in [-0.4, -0.2) is 11.8 Å². The molecule has 0 saturated carbocycles. The fourth-order valence-electron chi connectivity index (χ4n) is 2.16. The SMILES string of the molecule is C[C@H](NCc1cc(Br)c2c(c1)OCO2)c1ccncc1. The van der Waals surface area contributed by atoms with E-state index in [-0.39, 0.29) is 12.8 Å². The zero-order chi connectivity index (χ0) is 13.9. The van der Waals surface area contributed by atoms with Crippen LogP contribution in [0.5, 0.6) is 11.5 Å². The van der Waals surface area contributed by atoms with Crippen molar-refractivity contribution < 1.29 is 9.47 Å². The third kappa shape index (κ3) is 2.78. The summed E-state index contributed by atoms with van der Waals surface area (Å²) >= 11 is 3.51. The first-order valence-electron chi connectivity index (χ1n) is 6.45. The molecular weight excluding hydrogens is 320 g/mol. The van der Waals surface area contributed by atoms with Gasteiger partial charge in [-0.15, -0.1) is 0 Å². The maximum atomic E-state index is 5.42. The second kappa shape index (κ2) is 5.81. The van der Waals surface area contributed by atoms with Crippen LogP contribution in [0.3, 0.4) is 0 Å². The lowest BCUT2D eigenvalue weighted by atomic mass is 10.1. The van der Waals surface area contributed by atoms with E-state index < -0.39 is 0 Å². The average Bonchev–Trinajstić information content (AvgIpc) is 2.94. The van der Waals surface area contributed by atoms with Crippen LogP contribution >= 0.6 is 15.9 Å². The Morgan fingerprint density at radius 2 is 2.10 bits per heavy atom. The molecule has 1 N–H and O–H groups in total. The van der Waals surface area contributed by atoms with Gasteiger partial charge in [-0.3, -0.25) is 4.98 Å². The Morgan fingerprint density at radius 1 is 1.30 bits per heavy atom. The van der Waals surface area contributed by atoms with Crippen molar-refractivity contribution in [3.63, 3.8) is 0 Å². The second-order valence-electron chi connectivity index (χ2n) is 4.69. The summed E-state index contributed by atoms with van der Waals surface area (Å²) in [7, 11) is 0. The fraction of sp³-hybridized carbons (Fsp3) is 0.267. The van der Waals surface area contributed by atoms with E-state index in [4.69, 9.17) is 9.47 Å². The van der Waals surface area contributed by atoms with Gasteiger partial charge in [0.15, 0.2) is 11.5 Å². The number of nitrogens with zero attached hydrogens (tertiary/aromatic N) is 1. The Labute approximate surface area is 126 Å². The number of pyridine rings is 1. The number of benzene rings is 1. The normalized spacial score (nSPS) is 14.3. The molecular formula is C15H15BrN2O2. The molecule has 4 nitrogen and oxygen atoms in total. The third-order valence-electron chi connectivity index (χ3n) is 3.31. The van der Waals surface area contributed by atoms with Gasteiger partial charge in [-0.25, -0.2) is 0 Å². The van der Waals surface area contributed by atoms with E-state index in [1.165, 1.54) is 5.56 Å². The Bertz CT molecular complexity index is 604. The molecule has 2 heterocycles. The standard InChI is InChI=1S/C15H15BrN2O2/c1-10(12-2-4-17-5-3-12)18-8-11-6-13(16)15-14(7-11)19-9-20-15/h2-7,10,18H,8-9H2,1H3/t10-/m0/s1. The number of hydrogen-bond donors (Lipinski definition) is 1. The zero-order valence-corrected chi connectivity index (χ0v) is 12.7. The number of ether oxygens (including phenoxy) is 2. The molecule has 104 valence electrons. The number of hydrogen-bond acceptors (Lipinski definition) is 4. The Hall–Kier alpha value is -1.59. The molecule has 0 fully saturated rings. The van der Waals surface area contributed by atoms with E-state index >= 15 is 0 Å². The van der Waals surface area contributed by atoms with E-state index in [1.54, 1.807) is 0 Å². The lowest BCUT2D eigenvalue weighted by molar-refractivity contribution is 0.173. The monoisotopic (exact) mass is 334 g/mol. The van der Waals surface area contributed by atoms with E-state index in [1.807, 2.05) is 30.6 Å². The van der Waals surface area contributed by atoms with Crippen LogP contribution in [0.25, 0.3) is 0 Å². The van der Waals surface area contributed by atoms with Crippen molar-refractivity contribution in [1.29, 1.82) is 0 Å². The summed E-state index contributed by atoms with van der Waals surface area (Å²) in [6.07, 6.45) is 3.62. The molecule has 0 radical (unpaired) electrons. The summed E-state index contributed by atoms with van der Waals surface area (Å²) in [5.74, 6) is 1.59. The summed E-state index contributed by atoms with van der Waals surface area (Å²) in [5, 5.41) is 3.49. The van der Waals surface area contributed by atoms with Crippen molar-refractivity contribution in [3.05, 3.63) is 52.3 Å². The first kappa shape index (κ1) is 13.4. The van der Waals surface area contributed by atoms with Crippen molar-refractivity contribution in [2.75, 3.05) is 6.79 Å². The molecule has 0 spiro atoms. The molecule has 1 aromatic heterocycles. The van der Waals surface area contributed by atoms with Gasteiger partial charge >= 0.3 is 0 Å². The maximum Gasteiger partial charge on any atom is 0.231 e. The Kier molecular flexibility index (Phi) is 3.89. The summed E-state index contributed by atoms with van der Waals surface area (Å²) in [5.41, 5.74) is 2.38. The van der Waals surface area contributed by atoms with Crippen molar-refractivity contribution in [2.45, 2.75) is 19.5 Å². The van der Waals surface area contributed by atoms with E-state index in [2.05, 4.69) is 39.2 Å². The van der Waals surface area contributed by atoms with Gasteiger partial charge in [0, 0.05) is 25.0 Å². The Balaban J connectivity index is 1.68. The number of nitrogens with one attached hydrogen (secondary N) is 1. The highest BCUT2D eigenvalue weighted by Crippen LogP contribution is 2.40. The van der Waals surface area contributed by atoms with Crippen LogP contribution in [-0.2, 0) is 6.54 Å². The van der Waals surface area contributed by atoms with Gasteiger partial charge in [0.05, 0.1) is 4.47 Å². The molecule has 0 saturated heterocycles. The summed E-state index contributed by atoms with van der Waals surface area (Å²) in [6, 6.07) is 8.38. The van der Waals surface area contributed by atoms with Gasteiger partial charge < -0.3 is 14.8 Å².